The van der Waals surface area contributed by atoms with Crippen molar-refractivity contribution in [2.24, 2.45) is 11.8 Å². The first kappa shape index (κ1) is 38.8. The SMILES string of the molecule is CC#CCC(C)[C@H](O)/C=C/[C@@H]1[C@H]2c3cccc(CCCC(=O)O)c3O[C@H]2C[C@H]1O.COc1cccc(N(C)C(=S)Oc2ccc3c(c2)CCCC3)n1. The van der Waals surface area contributed by atoms with Crippen LogP contribution in [-0.2, 0) is 24.1 Å². The van der Waals surface area contributed by atoms with Gasteiger partial charge < -0.3 is 29.5 Å². The van der Waals surface area contributed by atoms with Crippen molar-refractivity contribution in [1.82, 2.24) is 4.98 Å². The van der Waals surface area contributed by atoms with Crippen LogP contribution >= 0.6 is 12.2 Å². The van der Waals surface area contributed by atoms with Crippen molar-refractivity contribution >= 4 is 29.2 Å². The van der Waals surface area contributed by atoms with Gasteiger partial charge in [-0.15, -0.1) is 11.8 Å². The number of aliphatic carboxylic acids is 1. The summed E-state index contributed by atoms with van der Waals surface area (Å²) < 4.78 is 17.2. The third-order valence-electron chi connectivity index (χ3n) is 10.1. The number of pyridine rings is 1. The van der Waals surface area contributed by atoms with E-state index in [0.717, 1.165) is 35.5 Å². The number of hydrogen-bond acceptors (Lipinski definition) is 8. The molecule has 3 aromatic rings. The molecule has 2 heterocycles. The molecule has 0 amide bonds. The average Bonchev–Trinajstić information content (AvgIpc) is 3.67. The van der Waals surface area contributed by atoms with Crippen LogP contribution in [-0.4, -0.2) is 63.9 Å². The van der Waals surface area contributed by atoms with Gasteiger partial charge in [0, 0.05) is 49.8 Å². The van der Waals surface area contributed by atoms with Crippen LogP contribution in [0.15, 0.2) is 66.7 Å². The van der Waals surface area contributed by atoms with E-state index in [-0.39, 0.29) is 30.3 Å². The van der Waals surface area contributed by atoms with Gasteiger partial charge in [-0.25, -0.2) is 0 Å². The van der Waals surface area contributed by atoms with E-state index in [2.05, 4.69) is 29.0 Å². The highest BCUT2D eigenvalue weighted by Crippen LogP contribution is 2.52. The Morgan fingerprint density at radius 3 is 2.67 bits per heavy atom. The number of anilines is 1. The molecule has 1 fully saturated rings. The maximum atomic E-state index is 10.8. The highest BCUT2D eigenvalue weighted by atomic mass is 32.1. The predicted molar refractivity (Wildman–Crippen MR) is 206 cm³/mol. The Bertz CT molecular complexity index is 1800. The van der Waals surface area contributed by atoms with Crippen molar-refractivity contribution in [3.63, 3.8) is 0 Å². The van der Waals surface area contributed by atoms with Gasteiger partial charge >= 0.3 is 5.97 Å². The maximum Gasteiger partial charge on any atom is 0.303 e. The normalized spacial score (nSPS) is 20.8. The van der Waals surface area contributed by atoms with Crippen molar-refractivity contribution in [1.29, 1.82) is 0 Å². The van der Waals surface area contributed by atoms with E-state index in [1.54, 1.807) is 31.1 Å². The minimum Gasteiger partial charge on any atom is -0.489 e. The number of aromatic nitrogens is 1. The lowest BCUT2D eigenvalue weighted by molar-refractivity contribution is -0.137. The summed E-state index contributed by atoms with van der Waals surface area (Å²) >= 11 is 5.40. The van der Waals surface area contributed by atoms with E-state index >= 15 is 0 Å². The lowest BCUT2D eigenvalue weighted by Crippen LogP contribution is -2.30. The van der Waals surface area contributed by atoms with Gasteiger partial charge in [-0.05, 0) is 98.5 Å². The van der Waals surface area contributed by atoms with E-state index in [9.17, 15) is 15.0 Å². The molecule has 6 rings (SSSR count). The van der Waals surface area contributed by atoms with E-state index in [1.165, 1.54) is 24.0 Å². The molecule has 3 aliphatic rings. The lowest BCUT2D eigenvalue weighted by atomic mass is 9.86. The van der Waals surface area contributed by atoms with Gasteiger partial charge in [0.05, 0.1) is 19.3 Å². The maximum absolute atomic E-state index is 10.8. The van der Waals surface area contributed by atoms with Crippen LogP contribution in [0.1, 0.15) is 80.5 Å². The van der Waals surface area contributed by atoms with Gasteiger partial charge in [-0.1, -0.05) is 49.4 Å². The number of fused-ring (bicyclic) bond motifs is 4. The van der Waals surface area contributed by atoms with E-state index in [4.69, 9.17) is 31.5 Å². The number of carbonyl (C=O) groups is 1. The quantitative estimate of drug-likeness (QED) is 0.108. The number of aliphatic hydroxyl groups is 2. The number of benzene rings is 2. The number of hydrogen-bond donors (Lipinski definition) is 3. The topological polar surface area (TPSA) is 122 Å². The first-order chi connectivity index (χ1) is 25.1. The molecule has 52 heavy (non-hydrogen) atoms. The Morgan fingerprint density at radius 2 is 1.92 bits per heavy atom. The molecule has 1 saturated carbocycles. The van der Waals surface area contributed by atoms with Crippen LogP contribution in [0.25, 0.3) is 0 Å². The average molecular weight is 727 g/mol. The Labute approximate surface area is 312 Å². The summed E-state index contributed by atoms with van der Waals surface area (Å²) in [6.07, 6.45) is 9.86. The van der Waals surface area contributed by atoms with Crippen LogP contribution in [0.4, 0.5) is 5.82 Å². The van der Waals surface area contributed by atoms with E-state index < -0.39 is 18.2 Å². The summed E-state index contributed by atoms with van der Waals surface area (Å²) in [5.74, 6) is 7.89. The van der Waals surface area contributed by atoms with Crippen molar-refractivity contribution in [2.75, 3.05) is 19.1 Å². The third kappa shape index (κ3) is 9.71. The van der Waals surface area contributed by atoms with Crippen molar-refractivity contribution in [2.45, 2.75) is 95.9 Å². The number of para-hydroxylation sites is 1. The molecule has 0 spiro atoms. The second-order valence-electron chi connectivity index (χ2n) is 13.7. The molecule has 1 aliphatic heterocycles. The summed E-state index contributed by atoms with van der Waals surface area (Å²) in [4.78, 5) is 16.9. The molecule has 276 valence electrons. The summed E-state index contributed by atoms with van der Waals surface area (Å²) in [5.41, 5.74) is 4.91. The molecule has 10 heteroatoms. The molecule has 0 radical (unpaired) electrons. The molecule has 0 saturated heterocycles. The number of aliphatic hydroxyl groups excluding tert-OH is 2. The van der Waals surface area contributed by atoms with E-state index in [0.29, 0.717) is 42.6 Å². The number of carboxylic acids is 1. The molecule has 1 unspecified atom stereocenters. The molecule has 0 bridgehead atoms. The first-order valence-electron chi connectivity index (χ1n) is 18.1. The predicted octanol–water partition coefficient (Wildman–Crippen LogP) is 7.06. The zero-order valence-electron chi connectivity index (χ0n) is 30.5. The van der Waals surface area contributed by atoms with Crippen LogP contribution in [0.5, 0.6) is 17.4 Å². The Balaban J connectivity index is 0.000000206. The molecule has 3 N–H and O–H groups in total. The Kier molecular flexibility index (Phi) is 13.7. The number of ether oxygens (including phenoxy) is 3. The lowest BCUT2D eigenvalue weighted by Gasteiger charge is -2.21. The molecule has 6 atom stereocenters. The second kappa shape index (κ2) is 18.4. The summed E-state index contributed by atoms with van der Waals surface area (Å²) in [7, 11) is 3.43. The number of aryl methyl sites for hydroxylation is 3. The third-order valence-corrected chi connectivity index (χ3v) is 10.5. The van der Waals surface area contributed by atoms with Crippen molar-refractivity contribution in [3.8, 4) is 29.2 Å². The monoisotopic (exact) mass is 726 g/mol. The fraction of sp³-hybridized carbons (Fsp3) is 0.452. The van der Waals surface area contributed by atoms with Crippen LogP contribution in [0.3, 0.4) is 0 Å². The summed E-state index contributed by atoms with van der Waals surface area (Å²) in [6, 6.07) is 17.8. The fourth-order valence-corrected chi connectivity index (χ4v) is 7.34. The smallest absolute Gasteiger partial charge is 0.303 e. The largest absolute Gasteiger partial charge is 0.489 e. The summed E-state index contributed by atoms with van der Waals surface area (Å²) in [6.45, 7) is 3.75. The highest BCUT2D eigenvalue weighted by Gasteiger charge is 2.49. The number of carboxylic acid groups (broad SMARTS) is 1. The standard InChI is InChI=1S/C24H30O5.C18H20N2O2S/c1-3-4-7-15(2)19(25)13-12-17-20(26)14-21-23(17)18-10-5-8-16(24(18)29-21)9-6-11-22(27)28;1-20(16-8-5-9-17(19-16)21-2)18(23)22-15-11-10-13-6-3-4-7-14(13)12-15/h5,8,10,12-13,15,17,19-21,23,25-26H,6-7,9,11,14H2,1-2H3,(H,27,28);5,8-12H,3-4,6-7H2,1-2H3/b13-12+;/t15?,17-,19+,20+,21-,23-;/m0./s1. The Hall–Kier alpha value is -4.43. The number of nitrogens with zero attached hydrogens (tertiary/aromatic N) is 2. The first-order valence-corrected chi connectivity index (χ1v) is 18.5. The number of thiocarbonyl (C=S) groups is 1. The number of methoxy groups -OCH3 is 1. The molecule has 9 nitrogen and oxygen atoms in total. The van der Waals surface area contributed by atoms with Crippen LogP contribution in [0.2, 0.25) is 0 Å². The minimum atomic E-state index is -0.790. The van der Waals surface area contributed by atoms with Gasteiger partial charge in [0.25, 0.3) is 5.17 Å². The van der Waals surface area contributed by atoms with Gasteiger partial charge in [0.2, 0.25) is 5.88 Å². The van der Waals surface area contributed by atoms with Gasteiger partial charge in [-0.3, -0.25) is 9.69 Å². The molecule has 2 aliphatic carbocycles. The van der Waals surface area contributed by atoms with Gasteiger partial charge in [0.15, 0.2) is 0 Å². The minimum absolute atomic E-state index is 0.0287. The molecule has 2 aromatic carbocycles. The number of rotatable bonds is 11. The van der Waals surface area contributed by atoms with Gasteiger partial charge in [0.1, 0.15) is 23.4 Å². The van der Waals surface area contributed by atoms with Crippen molar-refractivity contribution in [3.05, 3.63) is 89.0 Å². The zero-order valence-corrected chi connectivity index (χ0v) is 31.3. The molecular weight excluding hydrogens is 677 g/mol. The fourth-order valence-electron chi connectivity index (χ4n) is 7.15. The molecule has 1 aromatic heterocycles. The Morgan fingerprint density at radius 1 is 1.15 bits per heavy atom. The second-order valence-corrected chi connectivity index (χ2v) is 14.1. The van der Waals surface area contributed by atoms with Gasteiger partial charge in [-0.2, -0.15) is 4.98 Å². The zero-order chi connectivity index (χ0) is 37.2. The van der Waals surface area contributed by atoms with Crippen LogP contribution < -0.4 is 19.1 Å². The molecular formula is C42H50N2O7S. The highest BCUT2D eigenvalue weighted by molar-refractivity contribution is 7.80. The van der Waals surface area contributed by atoms with Crippen LogP contribution in [0, 0.1) is 23.7 Å². The summed E-state index contributed by atoms with van der Waals surface area (Å²) in [5, 5.41) is 30.2. The van der Waals surface area contributed by atoms with Crippen molar-refractivity contribution < 1.29 is 34.3 Å². The van der Waals surface area contributed by atoms with E-state index in [1.807, 2.05) is 56.4 Å².